The number of aromatic amines is 1. The van der Waals surface area contributed by atoms with Crippen molar-refractivity contribution in [2.45, 2.75) is 13.0 Å². The molecule has 0 radical (unpaired) electrons. The molecule has 0 fully saturated rings. The molecule has 1 aromatic rings. The third-order valence-corrected chi connectivity index (χ3v) is 2.06. The monoisotopic (exact) mass is 198 g/mol. The van der Waals surface area contributed by atoms with E-state index in [9.17, 15) is 4.79 Å². The zero-order valence-corrected chi connectivity index (χ0v) is 8.55. The standard InChI is InChI=1S/C9H14N2OS/c1-11(9(12)3-5-13)7-8-2-4-10-6-8/h2,4,6,10,13H,3,5,7H2,1H3. The van der Waals surface area contributed by atoms with E-state index in [4.69, 9.17) is 0 Å². The average molecular weight is 198 g/mol. The van der Waals surface area contributed by atoms with E-state index in [1.54, 1.807) is 11.9 Å². The lowest BCUT2D eigenvalue weighted by atomic mass is 10.3. The predicted molar refractivity (Wildman–Crippen MR) is 55.7 cm³/mol. The van der Waals surface area contributed by atoms with E-state index in [1.807, 2.05) is 18.5 Å². The first kappa shape index (κ1) is 10.2. The van der Waals surface area contributed by atoms with Gasteiger partial charge >= 0.3 is 0 Å². The van der Waals surface area contributed by atoms with Gasteiger partial charge in [-0.3, -0.25) is 4.79 Å². The highest BCUT2D eigenvalue weighted by Gasteiger charge is 2.07. The maximum Gasteiger partial charge on any atom is 0.223 e. The highest BCUT2D eigenvalue weighted by Crippen LogP contribution is 2.02. The molecule has 1 aromatic heterocycles. The van der Waals surface area contributed by atoms with Crippen molar-refractivity contribution in [1.29, 1.82) is 0 Å². The van der Waals surface area contributed by atoms with E-state index in [0.29, 0.717) is 18.7 Å². The van der Waals surface area contributed by atoms with Gasteiger partial charge in [-0.05, 0) is 17.4 Å². The van der Waals surface area contributed by atoms with Crippen LogP contribution in [0.25, 0.3) is 0 Å². The summed E-state index contributed by atoms with van der Waals surface area (Å²) in [4.78, 5) is 16.0. The topological polar surface area (TPSA) is 36.1 Å². The Balaban J connectivity index is 2.41. The summed E-state index contributed by atoms with van der Waals surface area (Å²) in [6.07, 6.45) is 4.25. The Hall–Kier alpha value is -0.900. The van der Waals surface area contributed by atoms with E-state index in [1.165, 1.54) is 0 Å². The van der Waals surface area contributed by atoms with E-state index >= 15 is 0 Å². The molecule has 0 aliphatic rings. The van der Waals surface area contributed by atoms with Gasteiger partial charge in [0.05, 0.1) is 0 Å². The van der Waals surface area contributed by atoms with E-state index in [0.717, 1.165) is 5.56 Å². The summed E-state index contributed by atoms with van der Waals surface area (Å²) in [5, 5.41) is 0. The molecular formula is C9H14N2OS. The maximum atomic E-state index is 11.3. The highest BCUT2D eigenvalue weighted by molar-refractivity contribution is 7.80. The van der Waals surface area contributed by atoms with Crippen molar-refractivity contribution in [3.63, 3.8) is 0 Å². The SMILES string of the molecule is CN(Cc1cc[nH]c1)C(=O)CCS. The zero-order valence-electron chi connectivity index (χ0n) is 7.66. The Morgan fingerprint density at radius 3 is 3.00 bits per heavy atom. The number of amides is 1. The number of hydrogen-bond acceptors (Lipinski definition) is 2. The minimum Gasteiger partial charge on any atom is -0.367 e. The molecular weight excluding hydrogens is 184 g/mol. The van der Waals surface area contributed by atoms with Crippen molar-refractivity contribution in [3.05, 3.63) is 24.0 Å². The molecule has 0 saturated heterocycles. The average Bonchev–Trinajstić information content (AvgIpc) is 2.57. The molecule has 0 atom stereocenters. The molecule has 72 valence electrons. The molecule has 3 nitrogen and oxygen atoms in total. The number of rotatable bonds is 4. The predicted octanol–water partition coefficient (Wildman–Crippen LogP) is 1.29. The second kappa shape index (κ2) is 4.97. The van der Waals surface area contributed by atoms with Crippen molar-refractivity contribution in [2.24, 2.45) is 0 Å². The molecule has 13 heavy (non-hydrogen) atoms. The number of carbonyl (C=O) groups is 1. The maximum absolute atomic E-state index is 11.3. The second-order valence-electron chi connectivity index (χ2n) is 2.94. The molecule has 0 spiro atoms. The molecule has 1 heterocycles. The van der Waals surface area contributed by atoms with Crippen molar-refractivity contribution in [2.75, 3.05) is 12.8 Å². The van der Waals surface area contributed by atoms with Gasteiger partial charge in [-0.1, -0.05) is 0 Å². The van der Waals surface area contributed by atoms with Crippen LogP contribution >= 0.6 is 12.6 Å². The first-order valence-corrected chi connectivity index (χ1v) is 4.83. The van der Waals surface area contributed by atoms with Crippen molar-refractivity contribution in [3.8, 4) is 0 Å². The Morgan fingerprint density at radius 2 is 2.46 bits per heavy atom. The Labute approximate surface area is 83.5 Å². The highest BCUT2D eigenvalue weighted by atomic mass is 32.1. The molecule has 0 saturated carbocycles. The minimum atomic E-state index is 0.135. The van der Waals surface area contributed by atoms with Gasteiger partial charge in [0.25, 0.3) is 0 Å². The molecule has 0 aliphatic carbocycles. The van der Waals surface area contributed by atoms with E-state index in [2.05, 4.69) is 17.6 Å². The number of nitrogens with one attached hydrogen (secondary N) is 1. The molecule has 0 aromatic carbocycles. The van der Waals surface area contributed by atoms with Crippen LogP contribution in [0.4, 0.5) is 0 Å². The summed E-state index contributed by atoms with van der Waals surface area (Å²) < 4.78 is 0. The van der Waals surface area contributed by atoms with Crippen LogP contribution in [0.5, 0.6) is 0 Å². The molecule has 1 amide bonds. The van der Waals surface area contributed by atoms with Gasteiger partial charge in [-0.2, -0.15) is 12.6 Å². The molecule has 4 heteroatoms. The number of nitrogens with zero attached hydrogens (tertiary/aromatic N) is 1. The number of thiol groups is 1. The van der Waals surface area contributed by atoms with Crippen LogP contribution in [-0.2, 0) is 11.3 Å². The Kier molecular flexibility index (Phi) is 3.89. The fourth-order valence-corrected chi connectivity index (χ4v) is 1.30. The van der Waals surface area contributed by atoms with Crippen LogP contribution in [0.1, 0.15) is 12.0 Å². The van der Waals surface area contributed by atoms with Crippen molar-refractivity contribution >= 4 is 18.5 Å². The first-order valence-electron chi connectivity index (χ1n) is 4.20. The van der Waals surface area contributed by atoms with Crippen LogP contribution < -0.4 is 0 Å². The quantitative estimate of drug-likeness (QED) is 0.703. The lowest BCUT2D eigenvalue weighted by molar-refractivity contribution is -0.129. The number of hydrogen-bond donors (Lipinski definition) is 2. The van der Waals surface area contributed by atoms with Crippen LogP contribution in [-0.4, -0.2) is 28.6 Å². The molecule has 0 aliphatic heterocycles. The normalized spacial score (nSPS) is 10.0. The Bertz CT molecular complexity index is 259. The zero-order chi connectivity index (χ0) is 9.68. The van der Waals surface area contributed by atoms with Gasteiger partial charge in [-0.25, -0.2) is 0 Å². The largest absolute Gasteiger partial charge is 0.367 e. The van der Waals surface area contributed by atoms with E-state index < -0.39 is 0 Å². The van der Waals surface area contributed by atoms with Gasteiger partial charge < -0.3 is 9.88 Å². The summed E-state index contributed by atoms with van der Waals surface area (Å²) in [6, 6.07) is 1.96. The second-order valence-corrected chi connectivity index (χ2v) is 3.39. The van der Waals surface area contributed by atoms with Gasteiger partial charge in [0.1, 0.15) is 0 Å². The van der Waals surface area contributed by atoms with Gasteiger partial charge in [-0.15, -0.1) is 0 Å². The summed E-state index contributed by atoms with van der Waals surface area (Å²) >= 11 is 4.01. The van der Waals surface area contributed by atoms with Crippen molar-refractivity contribution < 1.29 is 4.79 Å². The van der Waals surface area contributed by atoms with Gasteiger partial charge in [0.2, 0.25) is 5.91 Å². The van der Waals surface area contributed by atoms with Crippen molar-refractivity contribution in [1.82, 2.24) is 9.88 Å². The lowest BCUT2D eigenvalue weighted by Crippen LogP contribution is -2.25. The first-order chi connectivity index (χ1) is 6.24. The lowest BCUT2D eigenvalue weighted by Gasteiger charge is -2.15. The summed E-state index contributed by atoms with van der Waals surface area (Å²) in [7, 11) is 1.80. The fraction of sp³-hybridized carbons (Fsp3) is 0.444. The molecule has 0 unspecified atom stereocenters. The molecule has 1 N–H and O–H groups in total. The number of aromatic nitrogens is 1. The minimum absolute atomic E-state index is 0.135. The number of H-pyrrole nitrogens is 1. The number of carbonyl (C=O) groups excluding carboxylic acids is 1. The van der Waals surface area contributed by atoms with Crippen LogP contribution in [0.15, 0.2) is 18.5 Å². The third kappa shape index (κ3) is 3.14. The third-order valence-electron chi connectivity index (χ3n) is 1.83. The van der Waals surface area contributed by atoms with Crippen LogP contribution in [0.2, 0.25) is 0 Å². The molecule has 0 bridgehead atoms. The van der Waals surface area contributed by atoms with Gasteiger partial charge in [0.15, 0.2) is 0 Å². The Morgan fingerprint density at radius 1 is 1.69 bits per heavy atom. The fourth-order valence-electron chi connectivity index (χ4n) is 1.11. The van der Waals surface area contributed by atoms with E-state index in [-0.39, 0.29) is 5.91 Å². The molecule has 1 rings (SSSR count). The smallest absolute Gasteiger partial charge is 0.223 e. The summed E-state index contributed by atoms with van der Waals surface area (Å²) in [5.41, 5.74) is 1.12. The van der Waals surface area contributed by atoms with Crippen LogP contribution in [0.3, 0.4) is 0 Å². The summed E-state index contributed by atoms with van der Waals surface area (Å²) in [6.45, 7) is 0.663. The summed E-state index contributed by atoms with van der Waals surface area (Å²) in [5.74, 6) is 0.743. The van der Waals surface area contributed by atoms with Gasteiger partial charge in [0, 0.05) is 32.4 Å². The van der Waals surface area contributed by atoms with Crippen LogP contribution in [0, 0.1) is 0 Å².